The molecule has 4 heteroatoms. The standard InChI is InChI=1S/C17H21NO3/c1-13-8-9-16(21-13)17(20)18-12-15-7-4-6-14(11-15)5-2-3-10-19/h4,6-7,11,13,16,19H,3,8-10,12H2,1H3,(H,18,20). The molecule has 2 rings (SSSR count). The fraction of sp³-hybridized carbons (Fsp3) is 0.471. The third kappa shape index (κ3) is 4.89. The van der Waals surface area contributed by atoms with Gasteiger partial charge in [-0.15, -0.1) is 0 Å². The van der Waals surface area contributed by atoms with Gasteiger partial charge < -0.3 is 15.2 Å². The molecule has 1 fully saturated rings. The molecule has 0 bridgehead atoms. The van der Waals surface area contributed by atoms with E-state index in [0.717, 1.165) is 24.0 Å². The minimum atomic E-state index is -0.312. The van der Waals surface area contributed by atoms with Gasteiger partial charge in [-0.1, -0.05) is 24.0 Å². The maximum atomic E-state index is 12.0. The van der Waals surface area contributed by atoms with E-state index in [-0.39, 0.29) is 24.7 Å². The van der Waals surface area contributed by atoms with Gasteiger partial charge in [0.15, 0.2) is 0 Å². The van der Waals surface area contributed by atoms with Gasteiger partial charge in [0, 0.05) is 18.5 Å². The van der Waals surface area contributed by atoms with Crippen molar-refractivity contribution < 1.29 is 14.6 Å². The number of carbonyl (C=O) groups excluding carboxylic acids is 1. The minimum absolute atomic E-state index is 0.0453. The van der Waals surface area contributed by atoms with Gasteiger partial charge in [0.25, 0.3) is 0 Å². The summed E-state index contributed by atoms with van der Waals surface area (Å²) in [5.41, 5.74) is 1.89. The first-order valence-electron chi connectivity index (χ1n) is 7.31. The quantitative estimate of drug-likeness (QED) is 0.827. The predicted molar refractivity (Wildman–Crippen MR) is 80.4 cm³/mol. The van der Waals surface area contributed by atoms with Crippen LogP contribution in [-0.2, 0) is 16.1 Å². The zero-order valence-corrected chi connectivity index (χ0v) is 12.3. The van der Waals surface area contributed by atoms with Crippen LogP contribution < -0.4 is 5.32 Å². The number of aliphatic hydroxyl groups excluding tert-OH is 1. The van der Waals surface area contributed by atoms with Gasteiger partial charge in [-0.2, -0.15) is 0 Å². The molecule has 1 amide bonds. The summed E-state index contributed by atoms with van der Waals surface area (Å²) < 4.78 is 5.54. The molecule has 4 nitrogen and oxygen atoms in total. The third-order valence-electron chi connectivity index (χ3n) is 3.39. The molecule has 1 heterocycles. The van der Waals surface area contributed by atoms with Gasteiger partial charge in [0.05, 0.1) is 12.7 Å². The molecule has 2 N–H and O–H groups in total. The molecule has 0 saturated carbocycles. The zero-order chi connectivity index (χ0) is 15.1. The van der Waals surface area contributed by atoms with Crippen molar-refractivity contribution in [3.05, 3.63) is 35.4 Å². The van der Waals surface area contributed by atoms with Gasteiger partial charge in [-0.25, -0.2) is 0 Å². The normalized spacial score (nSPS) is 20.7. The Morgan fingerprint density at radius 2 is 2.33 bits per heavy atom. The van der Waals surface area contributed by atoms with Crippen LogP contribution in [-0.4, -0.2) is 29.8 Å². The lowest BCUT2D eigenvalue weighted by Crippen LogP contribution is -2.34. The van der Waals surface area contributed by atoms with Crippen LogP contribution in [0.4, 0.5) is 0 Å². The number of rotatable bonds is 4. The molecule has 1 aliphatic rings. The van der Waals surface area contributed by atoms with Crippen molar-refractivity contribution in [2.45, 2.75) is 44.9 Å². The average Bonchev–Trinajstić information content (AvgIpc) is 2.92. The molecule has 21 heavy (non-hydrogen) atoms. The summed E-state index contributed by atoms with van der Waals surface area (Å²) in [7, 11) is 0. The van der Waals surface area contributed by atoms with Crippen molar-refractivity contribution in [3.8, 4) is 11.8 Å². The molecule has 1 aliphatic heterocycles. The van der Waals surface area contributed by atoms with E-state index in [0.29, 0.717) is 13.0 Å². The predicted octanol–water partition coefficient (Wildman–Crippen LogP) is 1.60. The van der Waals surface area contributed by atoms with E-state index < -0.39 is 0 Å². The molecule has 0 aromatic heterocycles. The lowest BCUT2D eigenvalue weighted by atomic mass is 10.1. The Kier molecular flexibility index (Phi) is 5.79. The average molecular weight is 287 g/mol. The number of hydrogen-bond acceptors (Lipinski definition) is 3. The van der Waals surface area contributed by atoms with E-state index in [1.807, 2.05) is 31.2 Å². The molecule has 0 spiro atoms. The molecule has 2 atom stereocenters. The Hall–Kier alpha value is -1.83. The number of ether oxygens (including phenoxy) is 1. The van der Waals surface area contributed by atoms with E-state index in [9.17, 15) is 4.79 Å². The topological polar surface area (TPSA) is 58.6 Å². The zero-order valence-electron chi connectivity index (χ0n) is 12.3. The first-order valence-corrected chi connectivity index (χ1v) is 7.31. The van der Waals surface area contributed by atoms with Gasteiger partial charge >= 0.3 is 0 Å². The summed E-state index contributed by atoms with van der Waals surface area (Å²) in [4.78, 5) is 12.0. The summed E-state index contributed by atoms with van der Waals surface area (Å²) >= 11 is 0. The van der Waals surface area contributed by atoms with Crippen LogP contribution in [0.15, 0.2) is 24.3 Å². The van der Waals surface area contributed by atoms with E-state index in [1.54, 1.807) is 0 Å². The SMILES string of the molecule is CC1CCC(C(=O)NCc2cccc(C#CCCO)c2)O1. The highest BCUT2D eigenvalue weighted by Crippen LogP contribution is 2.19. The molecule has 2 unspecified atom stereocenters. The maximum Gasteiger partial charge on any atom is 0.249 e. The fourth-order valence-corrected chi connectivity index (χ4v) is 2.28. The lowest BCUT2D eigenvalue weighted by molar-refractivity contribution is -0.131. The molecule has 0 radical (unpaired) electrons. The Morgan fingerprint density at radius 1 is 1.48 bits per heavy atom. The Balaban J connectivity index is 1.87. The van der Waals surface area contributed by atoms with Crippen molar-refractivity contribution in [1.82, 2.24) is 5.32 Å². The summed E-state index contributed by atoms with van der Waals surface area (Å²) in [5.74, 6) is 5.83. The molecular weight excluding hydrogens is 266 g/mol. The summed E-state index contributed by atoms with van der Waals surface area (Å²) in [6, 6.07) is 7.73. The van der Waals surface area contributed by atoms with Crippen LogP contribution in [0.5, 0.6) is 0 Å². The summed E-state index contributed by atoms with van der Waals surface area (Å²) in [6.45, 7) is 2.53. The van der Waals surface area contributed by atoms with Gasteiger partial charge in [0.1, 0.15) is 6.10 Å². The monoisotopic (exact) mass is 287 g/mol. The Labute approximate surface area is 125 Å². The highest BCUT2D eigenvalue weighted by Gasteiger charge is 2.27. The van der Waals surface area contributed by atoms with Gasteiger partial charge in [0.2, 0.25) is 5.91 Å². The molecule has 0 aliphatic carbocycles. The van der Waals surface area contributed by atoms with Crippen LogP contribution in [0.3, 0.4) is 0 Å². The maximum absolute atomic E-state index is 12.0. The lowest BCUT2D eigenvalue weighted by Gasteiger charge is -2.11. The van der Waals surface area contributed by atoms with Crippen LogP contribution in [0.2, 0.25) is 0 Å². The van der Waals surface area contributed by atoms with Crippen molar-refractivity contribution in [2.75, 3.05) is 6.61 Å². The van der Waals surface area contributed by atoms with Gasteiger partial charge in [-0.3, -0.25) is 4.79 Å². The van der Waals surface area contributed by atoms with E-state index in [4.69, 9.17) is 9.84 Å². The smallest absolute Gasteiger partial charge is 0.249 e. The number of nitrogens with one attached hydrogen (secondary N) is 1. The second-order valence-corrected chi connectivity index (χ2v) is 5.21. The van der Waals surface area contributed by atoms with Crippen molar-refractivity contribution in [3.63, 3.8) is 0 Å². The largest absolute Gasteiger partial charge is 0.395 e. The van der Waals surface area contributed by atoms with Gasteiger partial charge in [-0.05, 0) is 37.5 Å². The number of hydrogen-bond donors (Lipinski definition) is 2. The second-order valence-electron chi connectivity index (χ2n) is 5.21. The van der Waals surface area contributed by atoms with Crippen molar-refractivity contribution >= 4 is 5.91 Å². The second kappa shape index (κ2) is 7.82. The highest BCUT2D eigenvalue weighted by atomic mass is 16.5. The number of aliphatic hydroxyl groups is 1. The fourth-order valence-electron chi connectivity index (χ4n) is 2.28. The first-order chi connectivity index (χ1) is 10.2. The Morgan fingerprint density at radius 3 is 3.05 bits per heavy atom. The summed E-state index contributed by atoms with van der Waals surface area (Å²) in [5, 5.41) is 11.6. The van der Waals surface area contributed by atoms with Crippen molar-refractivity contribution in [1.29, 1.82) is 0 Å². The van der Waals surface area contributed by atoms with E-state index >= 15 is 0 Å². The number of carbonyl (C=O) groups is 1. The van der Waals surface area contributed by atoms with E-state index in [1.165, 1.54) is 0 Å². The Bertz CT molecular complexity index is 544. The van der Waals surface area contributed by atoms with Crippen LogP contribution in [0.1, 0.15) is 37.3 Å². The first kappa shape index (κ1) is 15.6. The molecule has 112 valence electrons. The van der Waals surface area contributed by atoms with Crippen LogP contribution in [0, 0.1) is 11.8 Å². The third-order valence-corrected chi connectivity index (χ3v) is 3.39. The van der Waals surface area contributed by atoms with E-state index in [2.05, 4.69) is 17.2 Å². The highest BCUT2D eigenvalue weighted by molar-refractivity contribution is 5.81. The van der Waals surface area contributed by atoms with Crippen LogP contribution in [0.25, 0.3) is 0 Å². The molecular formula is C17H21NO3. The van der Waals surface area contributed by atoms with Crippen LogP contribution >= 0.6 is 0 Å². The molecule has 1 saturated heterocycles. The number of benzene rings is 1. The molecule has 1 aromatic rings. The minimum Gasteiger partial charge on any atom is -0.395 e. The van der Waals surface area contributed by atoms with Crippen molar-refractivity contribution in [2.24, 2.45) is 0 Å². The number of amides is 1. The molecule has 1 aromatic carbocycles. The summed E-state index contributed by atoms with van der Waals surface area (Å²) in [6.07, 6.45) is 2.06.